The smallest absolute Gasteiger partial charge is 0.131 e. The van der Waals surface area contributed by atoms with Crippen LogP contribution in [0, 0.1) is 11.7 Å². The molecule has 2 aromatic rings. The Hall–Kier alpha value is -1.08. The molecule has 2 heteroatoms. The molecule has 0 heterocycles. The Morgan fingerprint density at radius 2 is 1.83 bits per heavy atom. The fourth-order valence-electron chi connectivity index (χ4n) is 2.71. The van der Waals surface area contributed by atoms with E-state index in [1.165, 1.54) is 25.3 Å². The zero-order valence-corrected chi connectivity index (χ0v) is 11.0. The van der Waals surface area contributed by atoms with E-state index in [-0.39, 0.29) is 11.2 Å². The number of hydrogen-bond donors (Lipinski definition) is 0. The van der Waals surface area contributed by atoms with Gasteiger partial charge in [0.2, 0.25) is 0 Å². The lowest BCUT2D eigenvalue weighted by atomic mass is 9.81. The Bertz CT molecular complexity index is 560. The minimum Gasteiger partial charge on any atom is -0.206 e. The first-order valence-corrected chi connectivity index (χ1v) is 7.00. The van der Waals surface area contributed by atoms with Crippen LogP contribution in [0.5, 0.6) is 0 Å². The Balaban J connectivity index is 1.97. The van der Waals surface area contributed by atoms with Gasteiger partial charge in [0, 0.05) is 5.39 Å². The second-order valence-corrected chi connectivity index (χ2v) is 5.71. The zero-order valence-electron chi connectivity index (χ0n) is 10.2. The molecule has 94 valence electrons. The van der Waals surface area contributed by atoms with Crippen molar-refractivity contribution in [3.63, 3.8) is 0 Å². The predicted molar refractivity (Wildman–Crippen MR) is 74.5 cm³/mol. The number of hydrogen-bond acceptors (Lipinski definition) is 0. The van der Waals surface area contributed by atoms with Gasteiger partial charge in [0.25, 0.3) is 0 Å². The van der Waals surface area contributed by atoms with E-state index in [2.05, 4.69) is 0 Å². The second kappa shape index (κ2) is 4.89. The molecule has 0 aliphatic heterocycles. The zero-order chi connectivity index (χ0) is 12.5. The third-order valence-corrected chi connectivity index (χ3v) is 4.42. The molecule has 0 nitrogen and oxygen atoms in total. The summed E-state index contributed by atoms with van der Waals surface area (Å²) in [6.07, 6.45) is 4.93. The second-order valence-electron chi connectivity index (χ2n) is 5.18. The lowest BCUT2D eigenvalue weighted by molar-refractivity contribution is 0.293. The number of rotatable bonds is 3. The molecule has 1 aliphatic carbocycles. The third kappa shape index (κ3) is 2.12. The average Bonchev–Trinajstić information content (AvgIpc) is 2.34. The average molecular weight is 263 g/mol. The summed E-state index contributed by atoms with van der Waals surface area (Å²) in [4.78, 5) is 0. The highest BCUT2D eigenvalue weighted by Crippen LogP contribution is 2.39. The molecule has 0 radical (unpaired) electrons. The molecular formula is C16H16ClF. The van der Waals surface area contributed by atoms with Crippen molar-refractivity contribution in [2.45, 2.75) is 31.1 Å². The van der Waals surface area contributed by atoms with Gasteiger partial charge in [-0.15, -0.1) is 11.6 Å². The van der Waals surface area contributed by atoms with Gasteiger partial charge in [-0.2, -0.15) is 0 Å². The van der Waals surface area contributed by atoms with Gasteiger partial charge < -0.3 is 0 Å². The Kier molecular flexibility index (Phi) is 3.25. The van der Waals surface area contributed by atoms with Crippen molar-refractivity contribution in [3.05, 3.63) is 47.8 Å². The maximum absolute atomic E-state index is 13.7. The van der Waals surface area contributed by atoms with Crippen LogP contribution in [0.3, 0.4) is 0 Å². The van der Waals surface area contributed by atoms with Crippen LogP contribution in [0.4, 0.5) is 4.39 Å². The molecular weight excluding hydrogens is 247 g/mol. The summed E-state index contributed by atoms with van der Waals surface area (Å²) < 4.78 is 13.7. The maximum Gasteiger partial charge on any atom is 0.131 e. The van der Waals surface area contributed by atoms with Crippen molar-refractivity contribution in [2.24, 2.45) is 5.92 Å². The molecule has 18 heavy (non-hydrogen) atoms. The molecule has 3 rings (SSSR count). The molecule has 1 fully saturated rings. The van der Waals surface area contributed by atoms with E-state index in [0.717, 1.165) is 23.3 Å². The number of alkyl halides is 1. The summed E-state index contributed by atoms with van der Waals surface area (Å²) in [5, 5.41) is 1.63. The summed E-state index contributed by atoms with van der Waals surface area (Å²) in [5.41, 5.74) is 1.07. The third-order valence-electron chi connectivity index (χ3n) is 4.01. The highest BCUT2D eigenvalue weighted by molar-refractivity contribution is 6.21. The van der Waals surface area contributed by atoms with E-state index in [1.54, 1.807) is 0 Å². The first-order valence-electron chi connectivity index (χ1n) is 6.57. The predicted octanol–water partition coefficient (Wildman–Crippen LogP) is 5.45. The van der Waals surface area contributed by atoms with E-state index < -0.39 is 0 Å². The summed E-state index contributed by atoms with van der Waals surface area (Å²) in [6, 6.07) is 11.0. The van der Waals surface area contributed by atoms with E-state index >= 15 is 0 Å². The van der Waals surface area contributed by atoms with Gasteiger partial charge in [-0.3, -0.25) is 0 Å². The Morgan fingerprint density at radius 1 is 1.11 bits per heavy atom. The van der Waals surface area contributed by atoms with Crippen molar-refractivity contribution < 1.29 is 4.39 Å². The van der Waals surface area contributed by atoms with Crippen LogP contribution < -0.4 is 0 Å². The van der Waals surface area contributed by atoms with Crippen LogP contribution in [-0.4, -0.2) is 0 Å². The first-order chi connectivity index (χ1) is 8.75. The first kappa shape index (κ1) is 12.0. The van der Waals surface area contributed by atoms with Crippen LogP contribution in [-0.2, 0) is 0 Å². The molecule has 0 amide bonds. The van der Waals surface area contributed by atoms with Crippen LogP contribution in [0.25, 0.3) is 10.8 Å². The van der Waals surface area contributed by atoms with Crippen LogP contribution in [0.1, 0.15) is 36.6 Å². The monoisotopic (exact) mass is 262 g/mol. The highest BCUT2D eigenvalue weighted by atomic mass is 35.5. The molecule has 1 aliphatic rings. The van der Waals surface area contributed by atoms with E-state index in [4.69, 9.17) is 11.6 Å². The van der Waals surface area contributed by atoms with Crippen molar-refractivity contribution in [1.29, 1.82) is 0 Å². The van der Waals surface area contributed by atoms with Crippen LogP contribution in [0.2, 0.25) is 0 Å². The largest absolute Gasteiger partial charge is 0.206 e. The summed E-state index contributed by atoms with van der Waals surface area (Å²) in [7, 11) is 0. The van der Waals surface area contributed by atoms with Crippen LogP contribution in [0.15, 0.2) is 36.4 Å². The van der Waals surface area contributed by atoms with E-state index in [1.807, 2.05) is 30.3 Å². The topological polar surface area (TPSA) is 0 Å². The van der Waals surface area contributed by atoms with Gasteiger partial charge in [0.05, 0.1) is 5.38 Å². The van der Waals surface area contributed by atoms with E-state index in [9.17, 15) is 4.39 Å². The molecule has 1 atom stereocenters. The van der Waals surface area contributed by atoms with Gasteiger partial charge in [-0.05, 0) is 29.4 Å². The van der Waals surface area contributed by atoms with Crippen molar-refractivity contribution in [2.75, 3.05) is 0 Å². The van der Waals surface area contributed by atoms with Crippen molar-refractivity contribution in [3.8, 4) is 0 Å². The highest BCUT2D eigenvalue weighted by Gasteiger charge is 2.23. The van der Waals surface area contributed by atoms with Gasteiger partial charge in [-0.1, -0.05) is 49.6 Å². The molecule has 1 unspecified atom stereocenters. The molecule has 0 bridgehead atoms. The molecule has 0 aromatic heterocycles. The summed E-state index contributed by atoms with van der Waals surface area (Å²) in [6.45, 7) is 0. The standard InChI is InChI=1S/C16H16ClF/c17-15(10-11-4-3-5-11)13-8-9-16(18)14-7-2-1-6-12(13)14/h1-2,6-9,11,15H,3-5,10H2. The van der Waals surface area contributed by atoms with Gasteiger partial charge >= 0.3 is 0 Å². The quantitative estimate of drug-likeness (QED) is 0.645. The van der Waals surface area contributed by atoms with Crippen molar-refractivity contribution in [1.82, 2.24) is 0 Å². The van der Waals surface area contributed by atoms with Gasteiger partial charge in [-0.25, -0.2) is 4.39 Å². The maximum atomic E-state index is 13.7. The van der Waals surface area contributed by atoms with Crippen molar-refractivity contribution >= 4 is 22.4 Å². The molecule has 0 spiro atoms. The molecule has 0 N–H and O–H groups in total. The minimum atomic E-state index is -0.165. The summed E-state index contributed by atoms with van der Waals surface area (Å²) in [5.74, 6) is 0.596. The van der Waals surface area contributed by atoms with Gasteiger partial charge in [0.1, 0.15) is 5.82 Å². The Morgan fingerprint density at radius 3 is 2.50 bits per heavy atom. The fourth-order valence-corrected chi connectivity index (χ4v) is 3.15. The lowest BCUT2D eigenvalue weighted by Gasteiger charge is -2.27. The molecule has 2 aromatic carbocycles. The summed E-state index contributed by atoms with van der Waals surface area (Å²) >= 11 is 6.52. The number of benzene rings is 2. The number of halogens is 2. The number of fused-ring (bicyclic) bond motifs is 1. The van der Waals surface area contributed by atoms with Crippen LogP contribution >= 0.6 is 11.6 Å². The molecule has 1 saturated carbocycles. The Labute approximate surface area is 112 Å². The SMILES string of the molecule is Fc1ccc(C(Cl)CC2CCC2)c2ccccc12. The lowest BCUT2D eigenvalue weighted by Crippen LogP contribution is -2.13. The van der Waals surface area contributed by atoms with E-state index in [0.29, 0.717) is 5.39 Å². The minimum absolute atomic E-state index is 0.000741. The fraction of sp³-hybridized carbons (Fsp3) is 0.375. The van der Waals surface area contributed by atoms with Gasteiger partial charge in [0.15, 0.2) is 0 Å². The molecule has 0 saturated heterocycles. The normalized spacial score (nSPS) is 17.7.